The van der Waals surface area contributed by atoms with E-state index in [1.807, 2.05) is 24.1 Å². The summed E-state index contributed by atoms with van der Waals surface area (Å²) in [5, 5.41) is 14.6. The van der Waals surface area contributed by atoms with Crippen molar-refractivity contribution in [3.05, 3.63) is 23.4 Å². The number of aryl methyl sites for hydroxylation is 2. The van der Waals surface area contributed by atoms with Gasteiger partial charge in [-0.3, -0.25) is 15.0 Å². The molecule has 0 unspecified atom stereocenters. The number of nitrogens with one attached hydrogen (secondary N) is 2. The minimum absolute atomic E-state index is 0.0547. The van der Waals surface area contributed by atoms with Crippen LogP contribution in [0.3, 0.4) is 0 Å². The third-order valence-corrected chi connectivity index (χ3v) is 4.93. The number of aromatic nitrogens is 1. The largest absolute Gasteiger partial charge is 0.480 e. The number of carboxylic acid groups (broad SMARTS) is 1. The Morgan fingerprint density at radius 3 is 2.79 bits per heavy atom. The summed E-state index contributed by atoms with van der Waals surface area (Å²) in [6, 6.07) is 2.03. The van der Waals surface area contributed by atoms with Crippen molar-refractivity contribution in [2.45, 2.75) is 51.1 Å². The van der Waals surface area contributed by atoms with Gasteiger partial charge in [0, 0.05) is 18.3 Å². The van der Waals surface area contributed by atoms with Gasteiger partial charge in [-0.15, -0.1) is 0 Å². The summed E-state index contributed by atoms with van der Waals surface area (Å²) in [7, 11) is 0. The fraction of sp³-hybridized carbons (Fsp3) is 0.588. The number of likely N-dealkylation sites (N-methyl/N-ethyl adjacent to an activating group) is 1. The maximum Gasteiger partial charge on any atom is 0.320 e. The number of aliphatic carboxylic acids is 1. The number of carbonyl (C=O) groups is 2. The summed E-state index contributed by atoms with van der Waals surface area (Å²) in [4.78, 5) is 29.1. The van der Waals surface area contributed by atoms with E-state index < -0.39 is 5.97 Å². The highest BCUT2D eigenvalue weighted by Crippen LogP contribution is 2.26. The highest BCUT2D eigenvalue weighted by Gasteiger charge is 2.34. The van der Waals surface area contributed by atoms with Gasteiger partial charge in [0.05, 0.1) is 6.54 Å². The SMILES string of the molecule is CCN(CC(=O)O)C1CC(NC(=O)Nc2cc3c(cn2)CCC3)C1. The Morgan fingerprint density at radius 1 is 1.33 bits per heavy atom. The van der Waals surface area contributed by atoms with Crippen molar-refractivity contribution in [3.8, 4) is 0 Å². The molecule has 2 aliphatic carbocycles. The van der Waals surface area contributed by atoms with Crippen LogP contribution in [-0.4, -0.2) is 52.2 Å². The Bertz CT molecular complexity index is 628. The third-order valence-electron chi connectivity index (χ3n) is 4.93. The summed E-state index contributed by atoms with van der Waals surface area (Å²) in [6.07, 6.45) is 6.69. The van der Waals surface area contributed by atoms with E-state index in [2.05, 4.69) is 15.6 Å². The van der Waals surface area contributed by atoms with Gasteiger partial charge in [-0.1, -0.05) is 6.92 Å². The topological polar surface area (TPSA) is 94.6 Å². The van der Waals surface area contributed by atoms with Crippen molar-refractivity contribution >= 4 is 17.8 Å². The predicted octanol–water partition coefficient (Wildman–Crippen LogP) is 1.63. The summed E-state index contributed by atoms with van der Waals surface area (Å²) in [5.41, 5.74) is 2.55. The maximum atomic E-state index is 12.1. The molecule has 0 atom stereocenters. The van der Waals surface area contributed by atoms with Gasteiger partial charge < -0.3 is 10.4 Å². The molecular formula is C17H24N4O3. The zero-order valence-corrected chi connectivity index (χ0v) is 13.9. The second-order valence-electron chi connectivity index (χ2n) is 6.57. The average molecular weight is 332 g/mol. The first-order chi connectivity index (χ1) is 11.5. The normalized spacial score (nSPS) is 21.9. The number of carbonyl (C=O) groups excluding carboxylic acids is 1. The Morgan fingerprint density at radius 2 is 2.08 bits per heavy atom. The van der Waals surface area contributed by atoms with E-state index in [1.165, 1.54) is 11.1 Å². The van der Waals surface area contributed by atoms with E-state index >= 15 is 0 Å². The highest BCUT2D eigenvalue weighted by atomic mass is 16.4. The lowest BCUT2D eigenvalue weighted by atomic mass is 9.85. The molecule has 0 saturated heterocycles. The van der Waals surface area contributed by atoms with Crippen LogP contribution in [0, 0.1) is 0 Å². The monoisotopic (exact) mass is 332 g/mol. The molecule has 130 valence electrons. The van der Waals surface area contributed by atoms with Gasteiger partial charge in [0.2, 0.25) is 0 Å². The molecule has 7 nitrogen and oxygen atoms in total. The Balaban J connectivity index is 1.44. The van der Waals surface area contributed by atoms with Gasteiger partial charge in [0.25, 0.3) is 0 Å². The molecule has 24 heavy (non-hydrogen) atoms. The lowest BCUT2D eigenvalue weighted by Crippen LogP contribution is -2.55. The number of hydrogen-bond acceptors (Lipinski definition) is 4. The average Bonchev–Trinajstić information content (AvgIpc) is 2.96. The van der Waals surface area contributed by atoms with Gasteiger partial charge >= 0.3 is 12.0 Å². The highest BCUT2D eigenvalue weighted by molar-refractivity contribution is 5.88. The molecule has 0 radical (unpaired) electrons. The smallest absolute Gasteiger partial charge is 0.320 e. The number of anilines is 1. The number of urea groups is 1. The lowest BCUT2D eigenvalue weighted by molar-refractivity contribution is -0.139. The first-order valence-electron chi connectivity index (χ1n) is 8.56. The van der Waals surface area contributed by atoms with Crippen molar-refractivity contribution in [1.82, 2.24) is 15.2 Å². The molecule has 0 bridgehead atoms. The molecule has 1 heterocycles. The van der Waals surface area contributed by atoms with Gasteiger partial charge in [-0.25, -0.2) is 9.78 Å². The van der Waals surface area contributed by atoms with Crippen LogP contribution in [0.25, 0.3) is 0 Å². The minimum atomic E-state index is -0.811. The van der Waals surface area contributed by atoms with Gasteiger partial charge in [0.1, 0.15) is 5.82 Å². The molecule has 1 saturated carbocycles. The predicted molar refractivity (Wildman–Crippen MR) is 90.1 cm³/mol. The Labute approximate surface area is 141 Å². The van der Waals surface area contributed by atoms with E-state index in [1.54, 1.807) is 0 Å². The molecule has 2 amide bonds. The zero-order valence-electron chi connectivity index (χ0n) is 13.9. The fourth-order valence-corrected chi connectivity index (χ4v) is 3.54. The number of rotatable bonds is 6. The molecule has 0 spiro atoms. The molecule has 0 aliphatic heterocycles. The maximum absolute atomic E-state index is 12.1. The molecule has 1 aromatic rings. The second kappa shape index (κ2) is 7.17. The van der Waals surface area contributed by atoms with Crippen molar-refractivity contribution in [2.24, 2.45) is 0 Å². The van der Waals surface area contributed by atoms with E-state index in [-0.39, 0.29) is 24.7 Å². The number of carboxylic acids is 1. The number of pyridine rings is 1. The van der Waals surface area contributed by atoms with E-state index in [0.717, 1.165) is 32.1 Å². The molecule has 3 rings (SSSR count). The number of nitrogens with zero attached hydrogens (tertiary/aromatic N) is 2. The first kappa shape index (κ1) is 16.7. The summed E-state index contributed by atoms with van der Waals surface area (Å²) < 4.78 is 0. The van der Waals surface area contributed by atoms with Crippen molar-refractivity contribution in [1.29, 1.82) is 0 Å². The molecule has 1 aromatic heterocycles. The quantitative estimate of drug-likeness (QED) is 0.736. The number of fused-ring (bicyclic) bond motifs is 1. The Hall–Kier alpha value is -2.15. The molecular weight excluding hydrogens is 308 g/mol. The van der Waals surface area contributed by atoms with Crippen molar-refractivity contribution in [2.75, 3.05) is 18.4 Å². The van der Waals surface area contributed by atoms with Gasteiger partial charge in [-0.2, -0.15) is 0 Å². The van der Waals surface area contributed by atoms with Crippen LogP contribution in [0.1, 0.15) is 37.3 Å². The van der Waals surface area contributed by atoms with Crippen LogP contribution in [0.5, 0.6) is 0 Å². The van der Waals surface area contributed by atoms with Crippen LogP contribution in [0.15, 0.2) is 12.3 Å². The second-order valence-corrected chi connectivity index (χ2v) is 6.57. The lowest BCUT2D eigenvalue weighted by Gasteiger charge is -2.42. The molecule has 3 N–H and O–H groups in total. The first-order valence-corrected chi connectivity index (χ1v) is 8.56. The molecule has 0 aromatic carbocycles. The van der Waals surface area contributed by atoms with E-state index in [9.17, 15) is 9.59 Å². The van der Waals surface area contributed by atoms with Crippen LogP contribution < -0.4 is 10.6 Å². The zero-order chi connectivity index (χ0) is 17.1. The van der Waals surface area contributed by atoms with Crippen LogP contribution in [-0.2, 0) is 17.6 Å². The van der Waals surface area contributed by atoms with Crippen molar-refractivity contribution in [3.63, 3.8) is 0 Å². The molecule has 7 heteroatoms. The number of amides is 2. The molecule has 2 aliphatic rings. The van der Waals surface area contributed by atoms with Gasteiger partial charge in [0.15, 0.2) is 0 Å². The summed E-state index contributed by atoms with van der Waals surface area (Å²) in [6.45, 7) is 2.71. The summed E-state index contributed by atoms with van der Waals surface area (Å²) >= 11 is 0. The number of hydrogen-bond donors (Lipinski definition) is 3. The summed E-state index contributed by atoms with van der Waals surface area (Å²) in [5.74, 6) is -0.223. The van der Waals surface area contributed by atoms with Crippen LogP contribution >= 0.6 is 0 Å². The van der Waals surface area contributed by atoms with Crippen molar-refractivity contribution < 1.29 is 14.7 Å². The van der Waals surface area contributed by atoms with Crippen LogP contribution in [0.2, 0.25) is 0 Å². The molecule has 1 fully saturated rings. The van der Waals surface area contributed by atoms with E-state index in [0.29, 0.717) is 12.4 Å². The Kier molecular flexibility index (Phi) is 4.99. The van der Waals surface area contributed by atoms with Gasteiger partial charge in [-0.05, 0) is 55.8 Å². The van der Waals surface area contributed by atoms with Crippen LogP contribution in [0.4, 0.5) is 10.6 Å². The third kappa shape index (κ3) is 3.84. The fourth-order valence-electron chi connectivity index (χ4n) is 3.54. The van der Waals surface area contributed by atoms with E-state index in [4.69, 9.17) is 5.11 Å². The minimum Gasteiger partial charge on any atom is -0.480 e. The standard InChI is InChI=1S/C17H24N4O3/c1-2-21(10-16(22)23)14-7-13(8-14)19-17(24)20-15-6-11-4-3-5-12(11)9-18-15/h6,9,13-14H,2-5,7-8,10H2,1H3,(H,22,23)(H2,18,19,20,24).